The summed E-state index contributed by atoms with van der Waals surface area (Å²) in [5.74, 6) is -2.89. The van der Waals surface area contributed by atoms with Crippen LogP contribution in [-0.2, 0) is 19.2 Å². The molecule has 4 amide bonds. The Labute approximate surface area is 184 Å². The van der Waals surface area contributed by atoms with Gasteiger partial charge in [0, 0.05) is 0 Å². The molecule has 0 N–H and O–H groups in total. The summed E-state index contributed by atoms with van der Waals surface area (Å²) in [5.41, 5.74) is 1.18. The molecule has 6 aliphatic rings. The summed E-state index contributed by atoms with van der Waals surface area (Å²) in [6.07, 6.45) is 4.07. The van der Waals surface area contributed by atoms with E-state index in [0.717, 1.165) is 0 Å². The molecular weight excluding hydrogens is 404 g/mol. The minimum Gasteiger partial charge on any atom is -0.274 e. The summed E-state index contributed by atoms with van der Waals surface area (Å²) < 4.78 is 0. The number of carbonyl (C=O) groups is 4. The average molecular weight is 424 g/mol. The molecule has 8 rings (SSSR count). The summed E-state index contributed by atoms with van der Waals surface area (Å²) in [6, 6.07) is 18.1. The Bertz CT molecular complexity index is 1170. The van der Waals surface area contributed by atoms with E-state index in [-0.39, 0.29) is 47.3 Å². The molecule has 2 saturated heterocycles. The standard InChI is InChI=1S/C26H20N2O4/c29-23-19-15-11-12-16(20(19)24(30)27(23)13-7-3-1-4-8-13)18-17(15)21-22(18)26(32)28(25(21)31)14-9-5-2-6-10-14/h1-12,15-22H/t15-,16+,17+,18-,19+,20-,21-,22-/m0/s1. The number of imide groups is 2. The lowest BCUT2D eigenvalue weighted by atomic mass is 9.40. The van der Waals surface area contributed by atoms with Gasteiger partial charge in [0.05, 0.1) is 35.0 Å². The molecule has 2 aliphatic heterocycles. The summed E-state index contributed by atoms with van der Waals surface area (Å²) >= 11 is 0. The van der Waals surface area contributed by atoms with E-state index in [2.05, 4.69) is 0 Å². The first-order valence-corrected chi connectivity index (χ1v) is 11.1. The fourth-order valence-electron chi connectivity index (χ4n) is 7.26. The third kappa shape index (κ3) is 1.96. The Morgan fingerprint density at radius 2 is 0.812 bits per heavy atom. The van der Waals surface area contributed by atoms with Crippen molar-refractivity contribution in [2.45, 2.75) is 0 Å². The number of hydrogen-bond acceptors (Lipinski definition) is 4. The molecule has 32 heavy (non-hydrogen) atoms. The SMILES string of the molecule is O=C1[C@@H]2[C@H]3C=C[C@@H]([C@@H]2C(=O)N1c1ccccc1)[C@@H]1[C@@H]2C(=O)N(c4ccccc4)C(=O)[C@H]2[C@H]31. The van der Waals surface area contributed by atoms with E-state index in [9.17, 15) is 19.2 Å². The van der Waals surface area contributed by atoms with Gasteiger partial charge < -0.3 is 0 Å². The molecule has 2 aromatic carbocycles. The van der Waals surface area contributed by atoms with Gasteiger partial charge in [-0.25, -0.2) is 0 Å². The molecule has 8 atom stereocenters. The summed E-state index contributed by atoms with van der Waals surface area (Å²) in [7, 11) is 0. The third-order valence-electron chi connectivity index (χ3n) is 8.37. The number of para-hydroxylation sites is 2. The molecule has 0 radical (unpaired) electrons. The van der Waals surface area contributed by atoms with Crippen molar-refractivity contribution in [3.8, 4) is 0 Å². The number of amides is 4. The van der Waals surface area contributed by atoms with Crippen LogP contribution in [0, 0.1) is 47.3 Å². The highest BCUT2D eigenvalue weighted by molar-refractivity contribution is 6.25. The Morgan fingerprint density at radius 1 is 0.469 bits per heavy atom. The maximum absolute atomic E-state index is 13.4. The summed E-state index contributed by atoms with van der Waals surface area (Å²) in [4.78, 5) is 56.2. The van der Waals surface area contributed by atoms with E-state index >= 15 is 0 Å². The van der Waals surface area contributed by atoms with Crippen molar-refractivity contribution in [3.05, 3.63) is 72.8 Å². The fraction of sp³-hybridized carbons (Fsp3) is 0.308. The molecule has 2 aromatic rings. The van der Waals surface area contributed by atoms with Crippen LogP contribution in [-0.4, -0.2) is 23.6 Å². The molecule has 6 heteroatoms. The maximum Gasteiger partial charge on any atom is 0.238 e. The zero-order valence-electron chi connectivity index (χ0n) is 17.1. The zero-order chi connectivity index (χ0) is 21.7. The van der Waals surface area contributed by atoms with Crippen LogP contribution in [0.4, 0.5) is 11.4 Å². The molecule has 6 nitrogen and oxygen atoms in total. The third-order valence-corrected chi connectivity index (χ3v) is 8.37. The smallest absolute Gasteiger partial charge is 0.238 e. The Hall–Kier alpha value is -3.54. The van der Waals surface area contributed by atoms with E-state index < -0.39 is 23.7 Å². The van der Waals surface area contributed by atoms with Crippen LogP contribution < -0.4 is 9.80 Å². The van der Waals surface area contributed by atoms with Gasteiger partial charge in [0.2, 0.25) is 23.6 Å². The molecule has 2 heterocycles. The number of fused-ring (bicyclic) bond motifs is 1. The second-order valence-corrected chi connectivity index (χ2v) is 9.49. The van der Waals surface area contributed by atoms with Crippen molar-refractivity contribution < 1.29 is 19.2 Å². The summed E-state index contributed by atoms with van der Waals surface area (Å²) in [6.45, 7) is 0. The van der Waals surface area contributed by atoms with Crippen LogP contribution in [0.1, 0.15) is 0 Å². The Balaban J connectivity index is 1.27. The van der Waals surface area contributed by atoms with Crippen LogP contribution in [0.5, 0.6) is 0 Å². The van der Waals surface area contributed by atoms with Crippen LogP contribution in [0.2, 0.25) is 0 Å². The minimum atomic E-state index is -0.450. The fourth-order valence-corrected chi connectivity index (χ4v) is 7.26. The Morgan fingerprint density at radius 3 is 1.19 bits per heavy atom. The quantitative estimate of drug-likeness (QED) is 0.549. The van der Waals surface area contributed by atoms with Crippen molar-refractivity contribution in [3.63, 3.8) is 0 Å². The molecule has 4 fully saturated rings. The Kier molecular flexibility index (Phi) is 3.41. The number of anilines is 2. The highest BCUT2D eigenvalue weighted by atomic mass is 16.2. The second kappa shape index (κ2) is 6.03. The first-order valence-electron chi connectivity index (χ1n) is 11.1. The predicted molar refractivity (Wildman–Crippen MR) is 115 cm³/mol. The first-order chi connectivity index (χ1) is 15.6. The van der Waals surface area contributed by atoms with Gasteiger partial charge in [0.1, 0.15) is 0 Å². The van der Waals surface area contributed by atoms with Gasteiger partial charge >= 0.3 is 0 Å². The van der Waals surface area contributed by atoms with E-state index in [4.69, 9.17) is 0 Å². The molecule has 2 saturated carbocycles. The molecule has 158 valence electrons. The number of benzene rings is 2. The molecule has 0 aromatic heterocycles. The van der Waals surface area contributed by atoms with Gasteiger partial charge in [0.15, 0.2) is 0 Å². The minimum absolute atomic E-state index is 0.0612. The number of nitrogens with zero attached hydrogens (tertiary/aromatic N) is 2. The van der Waals surface area contributed by atoms with E-state index in [1.54, 1.807) is 24.3 Å². The molecule has 0 spiro atoms. The monoisotopic (exact) mass is 424 g/mol. The van der Waals surface area contributed by atoms with Gasteiger partial charge in [-0.05, 0) is 47.9 Å². The lowest BCUT2D eigenvalue weighted by Gasteiger charge is -2.60. The van der Waals surface area contributed by atoms with Crippen LogP contribution >= 0.6 is 0 Å². The molecule has 4 aliphatic carbocycles. The normalized spacial score (nSPS) is 38.6. The van der Waals surface area contributed by atoms with Gasteiger partial charge in [-0.2, -0.15) is 0 Å². The van der Waals surface area contributed by atoms with Crippen LogP contribution in [0.25, 0.3) is 0 Å². The van der Waals surface area contributed by atoms with Crippen molar-refractivity contribution in [1.29, 1.82) is 0 Å². The zero-order valence-corrected chi connectivity index (χ0v) is 17.1. The van der Waals surface area contributed by atoms with Crippen molar-refractivity contribution in [2.24, 2.45) is 47.3 Å². The van der Waals surface area contributed by atoms with Gasteiger partial charge in [-0.15, -0.1) is 0 Å². The first kappa shape index (κ1) is 18.1. The predicted octanol–water partition coefficient (Wildman–Crippen LogP) is 2.66. The topological polar surface area (TPSA) is 74.8 Å². The number of carbonyl (C=O) groups excluding carboxylic acids is 4. The largest absolute Gasteiger partial charge is 0.274 e. The average Bonchev–Trinajstić information content (AvgIpc) is 3.19. The van der Waals surface area contributed by atoms with Crippen molar-refractivity contribution >= 4 is 35.0 Å². The molecule has 0 unspecified atom stereocenters. The lowest BCUT2D eigenvalue weighted by Crippen LogP contribution is -2.63. The van der Waals surface area contributed by atoms with Crippen molar-refractivity contribution in [2.75, 3.05) is 9.80 Å². The highest BCUT2D eigenvalue weighted by Gasteiger charge is 2.75. The van der Waals surface area contributed by atoms with Crippen LogP contribution in [0.15, 0.2) is 72.8 Å². The highest BCUT2D eigenvalue weighted by Crippen LogP contribution is 2.68. The van der Waals surface area contributed by atoms with Gasteiger partial charge in [-0.3, -0.25) is 29.0 Å². The van der Waals surface area contributed by atoms with Gasteiger partial charge in [0.25, 0.3) is 0 Å². The molecular formula is C26H20N2O4. The lowest BCUT2D eigenvalue weighted by molar-refractivity contribution is -0.166. The van der Waals surface area contributed by atoms with Crippen LogP contribution in [0.3, 0.4) is 0 Å². The maximum atomic E-state index is 13.4. The number of hydrogen-bond donors (Lipinski definition) is 0. The number of rotatable bonds is 2. The number of allylic oxidation sites excluding steroid dienone is 2. The van der Waals surface area contributed by atoms with E-state index in [1.165, 1.54) is 9.80 Å². The van der Waals surface area contributed by atoms with E-state index in [1.807, 2.05) is 48.6 Å². The molecule has 2 bridgehead atoms. The van der Waals surface area contributed by atoms with E-state index in [0.29, 0.717) is 11.4 Å². The second-order valence-electron chi connectivity index (χ2n) is 9.49. The van der Waals surface area contributed by atoms with Crippen molar-refractivity contribution in [1.82, 2.24) is 0 Å². The summed E-state index contributed by atoms with van der Waals surface area (Å²) in [5, 5.41) is 0. The van der Waals surface area contributed by atoms with Gasteiger partial charge in [-0.1, -0.05) is 48.6 Å².